The van der Waals surface area contributed by atoms with Gasteiger partial charge in [-0.05, 0) is 44.2 Å². The second-order valence-electron chi connectivity index (χ2n) is 4.31. The van der Waals surface area contributed by atoms with Crippen molar-refractivity contribution in [2.75, 3.05) is 5.32 Å². The van der Waals surface area contributed by atoms with Gasteiger partial charge in [-0.3, -0.25) is 0 Å². The molecular weight excluding hydrogens is 265 g/mol. The predicted octanol–water partition coefficient (Wildman–Crippen LogP) is 4.07. The molecule has 0 bridgehead atoms. The fourth-order valence-electron chi connectivity index (χ4n) is 1.79. The molecule has 3 nitrogen and oxygen atoms in total. The van der Waals surface area contributed by atoms with Crippen molar-refractivity contribution in [1.29, 1.82) is 0 Å². The van der Waals surface area contributed by atoms with Crippen LogP contribution in [0.15, 0.2) is 30.3 Å². The molecule has 0 radical (unpaired) electrons. The van der Waals surface area contributed by atoms with Crippen molar-refractivity contribution in [2.24, 2.45) is 0 Å². The Kier molecular flexibility index (Phi) is 3.85. The Morgan fingerprint density at radius 2 is 2.11 bits per heavy atom. The van der Waals surface area contributed by atoms with Gasteiger partial charge in [0, 0.05) is 15.4 Å². The van der Waals surface area contributed by atoms with E-state index in [1.807, 2.05) is 26.0 Å². The summed E-state index contributed by atoms with van der Waals surface area (Å²) in [5, 5.41) is 11.9. The maximum absolute atomic E-state index is 13.5. The van der Waals surface area contributed by atoms with Crippen LogP contribution in [0, 0.1) is 12.7 Å². The van der Waals surface area contributed by atoms with Crippen LogP contribution in [0.2, 0.25) is 0 Å². The van der Waals surface area contributed by atoms with Gasteiger partial charge in [-0.1, -0.05) is 0 Å². The molecule has 1 aromatic carbocycles. The minimum Gasteiger partial charge on any atom is -0.478 e. The summed E-state index contributed by atoms with van der Waals surface area (Å²) in [5.74, 6) is -1.99. The van der Waals surface area contributed by atoms with Crippen molar-refractivity contribution in [1.82, 2.24) is 0 Å². The molecule has 0 aliphatic rings. The van der Waals surface area contributed by atoms with Crippen LogP contribution in [-0.2, 0) is 0 Å². The monoisotopic (exact) mass is 279 g/mol. The average molecular weight is 279 g/mol. The summed E-state index contributed by atoms with van der Waals surface area (Å²) < 4.78 is 13.5. The summed E-state index contributed by atoms with van der Waals surface area (Å²) >= 11 is 1.68. The molecule has 1 aromatic heterocycles. The molecule has 19 heavy (non-hydrogen) atoms. The fraction of sp³-hybridized carbons (Fsp3) is 0.214. The van der Waals surface area contributed by atoms with Gasteiger partial charge in [-0.15, -0.1) is 11.3 Å². The van der Waals surface area contributed by atoms with E-state index >= 15 is 0 Å². The lowest BCUT2D eigenvalue weighted by Gasteiger charge is -2.14. The third-order valence-corrected chi connectivity index (χ3v) is 3.95. The smallest absolute Gasteiger partial charge is 0.338 e. The Labute approximate surface area is 114 Å². The normalized spacial score (nSPS) is 12.2. The zero-order chi connectivity index (χ0) is 14.0. The van der Waals surface area contributed by atoms with Crippen molar-refractivity contribution >= 4 is 23.0 Å². The SMILES string of the molecule is Cc1ccc(C(C)Nc2ccc(C(=O)O)c(F)c2)s1. The van der Waals surface area contributed by atoms with Crippen molar-refractivity contribution in [3.05, 3.63) is 51.5 Å². The van der Waals surface area contributed by atoms with E-state index in [0.717, 1.165) is 4.88 Å². The first kappa shape index (κ1) is 13.5. The van der Waals surface area contributed by atoms with Crippen molar-refractivity contribution in [3.63, 3.8) is 0 Å². The Balaban J connectivity index is 2.15. The highest BCUT2D eigenvalue weighted by Gasteiger charge is 2.12. The van der Waals surface area contributed by atoms with Gasteiger partial charge in [-0.25, -0.2) is 9.18 Å². The largest absolute Gasteiger partial charge is 0.478 e. The van der Waals surface area contributed by atoms with E-state index in [-0.39, 0.29) is 11.6 Å². The molecule has 5 heteroatoms. The van der Waals surface area contributed by atoms with E-state index in [9.17, 15) is 9.18 Å². The Morgan fingerprint density at radius 3 is 2.63 bits per heavy atom. The average Bonchev–Trinajstić information content (AvgIpc) is 2.75. The summed E-state index contributed by atoms with van der Waals surface area (Å²) in [5.41, 5.74) is 0.256. The number of aromatic carboxylic acids is 1. The topological polar surface area (TPSA) is 49.3 Å². The molecule has 0 aliphatic heterocycles. The van der Waals surface area contributed by atoms with Crippen LogP contribution in [0.5, 0.6) is 0 Å². The minimum absolute atomic E-state index is 0.0498. The summed E-state index contributed by atoms with van der Waals surface area (Å²) in [7, 11) is 0. The number of carboxylic acid groups (broad SMARTS) is 1. The first-order valence-electron chi connectivity index (χ1n) is 5.83. The van der Waals surface area contributed by atoms with E-state index in [0.29, 0.717) is 5.69 Å². The standard InChI is InChI=1S/C14H14FNO2S/c1-8-3-6-13(19-8)9(2)16-10-4-5-11(14(17)18)12(15)7-10/h3-7,9,16H,1-2H3,(H,17,18). The lowest BCUT2D eigenvalue weighted by molar-refractivity contribution is 0.0692. The van der Waals surface area contributed by atoms with Crippen molar-refractivity contribution in [3.8, 4) is 0 Å². The van der Waals surface area contributed by atoms with Crippen LogP contribution < -0.4 is 5.32 Å². The molecule has 0 amide bonds. The number of thiophene rings is 1. The first-order chi connectivity index (χ1) is 8.97. The first-order valence-corrected chi connectivity index (χ1v) is 6.64. The molecule has 0 fully saturated rings. The van der Waals surface area contributed by atoms with Crippen LogP contribution >= 0.6 is 11.3 Å². The van der Waals surface area contributed by atoms with Gasteiger partial charge < -0.3 is 10.4 Å². The van der Waals surface area contributed by atoms with Crippen LogP contribution in [0.3, 0.4) is 0 Å². The Hall–Kier alpha value is -1.88. The highest BCUT2D eigenvalue weighted by molar-refractivity contribution is 7.12. The molecule has 1 unspecified atom stereocenters. The molecule has 0 spiro atoms. The van der Waals surface area contributed by atoms with Gasteiger partial charge in [0.1, 0.15) is 5.82 Å². The highest BCUT2D eigenvalue weighted by Crippen LogP contribution is 2.26. The summed E-state index contributed by atoms with van der Waals surface area (Å²) in [6, 6.07) is 8.16. The van der Waals surface area contributed by atoms with Crippen molar-refractivity contribution < 1.29 is 14.3 Å². The molecule has 2 rings (SSSR count). The van der Waals surface area contributed by atoms with E-state index in [1.54, 1.807) is 17.4 Å². The highest BCUT2D eigenvalue weighted by atomic mass is 32.1. The number of hydrogen-bond donors (Lipinski definition) is 2. The summed E-state index contributed by atoms with van der Waals surface area (Å²) in [4.78, 5) is 13.1. The number of anilines is 1. The van der Waals surface area contributed by atoms with Gasteiger partial charge >= 0.3 is 5.97 Å². The van der Waals surface area contributed by atoms with Crippen LogP contribution in [0.4, 0.5) is 10.1 Å². The molecule has 2 N–H and O–H groups in total. The van der Waals surface area contributed by atoms with E-state index in [1.165, 1.54) is 17.0 Å². The Morgan fingerprint density at radius 1 is 1.37 bits per heavy atom. The van der Waals surface area contributed by atoms with Gasteiger partial charge in [-0.2, -0.15) is 0 Å². The molecule has 0 saturated heterocycles. The number of carbonyl (C=O) groups is 1. The number of hydrogen-bond acceptors (Lipinski definition) is 3. The lowest BCUT2D eigenvalue weighted by Crippen LogP contribution is -2.06. The Bertz CT molecular complexity index is 609. The van der Waals surface area contributed by atoms with Crippen LogP contribution in [0.25, 0.3) is 0 Å². The number of carboxylic acids is 1. The van der Waals surface area contributed by atoms with Crippen LogP contribution in [-0.4, -0.2) is 11.1 Å². The molecule has 2 aromatic rings. The third-order valence-electron chi connectivity index (χ3n) is 2.77. The van der Waals surface area contributed by atoms with Gasteiger partial charge in [0.2, 0.25) is 0 Å². The van der Waals surface area contributed by atoms with Gasteiger partial charge in [0.05, 0.1) is 11.6 Å². The van der Waals surface area contributed by atoms with Gasteiger partial charge in [0.15, 0.2) is 0 Å². The second-order valence-corrected chi connectivity index (χ2v) is 5.63. The quantitative estimate of drug-likeness (QED) is 0.887. The maximum atomic E-state index is 13.5. The minimum atomic E-state index is -1.26. The zero-order valence-corrected chi connectivity index (χ0v) is 11.4. The van der Waals surface area contributed by atoms with E-state index in [4.69, 9.17) is 5.11 Å². The number of nitrogens with one attached hydrogen (secondary N) is 1. The third kappa shape index (κ3) is 3.12. The fourth-order valence-corrected chi connectivity index (χ4v) is 2.67. The number of rotatable bonds is 4. The van der Waals surface area contributed by atoms with Crippen LogP contribution in [0.1, 0.15) is 33.1 Å². The molecule has 0 saturated carbocycles. The summed E-state index contributed by atoms with van der Waals surface area (Å²) in [6.07, 6.45) is 0. The predicted molar refractivity (Wildman–Crippen MR) is 74.5 cm³/mol. The molecule has 1 atom stereocenters. The molecule has 100 valence electrons. The van der Waals surface area contributed by atoms with Crippen molar-refractivity contribution in [2.45, 2.75) is 19.9 Å². The zero-order valence-electron chi connectivity index (χ0n) is 10.6. The summed E-state index contributed by atoms with van der Waals surface area (Å²) in [6.45, 7) is 4.01. The second kappa shape index (κ2) is 5.40. The number of benzene rings is 1. The molecule has 1 heterocycles. The number of aryl methyl sites for hydroxylation is 1. The maximum Gasteiger partial charge on any atom is 0.338 e. The molecule has 0 aliphatic carbocycles. The molecular formula is C14H14FNO2S. The number of halogens is 1. The van der Waals surface area contributed by atoms with Gasteiger partial charge in [0.25, 0.3) is 0 Å². The van der Waals surface area contributed by atoms with E-state index < -0.39 is 11.8 Å². The lowest BCUT2D eigenvalue weighted by atomic mass is 10.1. The van der Waals surface area contributed by atoms with E-state index in [2.05, 4.69) is 5.32 Å².